The van der Waals surface area contributed by atoms with E-state index in [1.807, 2.05) is 55.5 Å². The molecule has 140 valence electrons. The van der Waals surface area contributed by atoms with Gasteiger partial charge in [-0.25, -0.2) is 0 Å². The molecule has 2 aromatic carbocycles. The van der Waals surface area contributed by atoms with Crippen molar-refractivity contribution in [3.8, 4) is 17.2 Å². The summed E-state index contributed by atoms with van der Waals surface area (Å²) >= 11 is 0. The van der Waals surface area contributed by atoms with E-state index in [1.54, 1.807) is 0 Å². The lowest BCUT2D eigenvalue weighted by atomic mass is 10.1. The first-order valence-corrected chi connectivity index (χ1v) is 8.77. The predicted octanol–water partition coefficient (Wildman–Crippen LogP) is 4.38. The normalized spacial score (nSPS) is 15.8. The van der Waals surface area contributed by atoms with Crippen LogP contribution >= 0.6 is 12.4 Å². The molecule has 0 aliphatic carbocycles. The maximum atomic E-state index is 12.3. The molecule has 1 amide bonds. The Kier molecular flexibility index (Phi) is 7.75. The third-order valence-electron chi connectivity index (χ3n) is 4.12. The van der Waals surface area contributed by atoms with Gasteiger partial charge < -0.3 is 20.1 Å². The van der Waals surface area contributed by atoms with Crippen LogP contribution in [0.3, 0.4) is 0 Å². The van der Waals surface area contributed by atoms with E-state index in [0.29, 0.717) is 30.2 Å². The first-order valence-electron chi connectivity index (χ1n) is 8.77. The molecule has 2 aromatic rings. The molecule has 0 aromatic heterocycles. The Hall–Kier alpha value is -2.24. The van der Waals surface area contributed by atoms with Gasteiger partial charge in [-0.2, -0.15) is 0 Å². The third-order valence-corrected chi connectivity index (χ3v) is 4.12. The van der Waals surface area contributed by atoms with E-state index in [2.05, 4.69) is 10.6 Å². The summed E-state index contributed by atoms with van der Waals surface area (Å²) < 4.78 is 11.4. The maximum Gasteiger partial charge on any atom is 0.226 e. The highest BCUT2D eigenvalue weighted by atomic mass is 35.5. The van der Waals surface area contributed by atoms with E-state index in [4.69, 9.17) is 9.47 Å². The van der Waals surface area contributed by atoms with Crippen molar-refractivity contribution >= 4 is 24.0 Å². The minimum absolute atomic E-state index is 0. The summed E-state index contributed by atoms with van der Waals surface area (Å²) in [4.78, 5) is 12.3. The van der Waals surface area contributed by atoms with Crippen molar-refractivity contribution in [2.24, 2.45) is 0 Å². The molecular weight excluding hydrogens is 352 g/mol. The van der Waals surface area contributed by atoms with Crippen molar-refractivity contribution in [1.82, 2.24) is 5.32 Å². The number of benzene rings is 2. The number of hydrogen-bond acceptors (Lipinski definition) is 4. The SMILES string of the molecule is CCOc1ccc(Oc2ccccc2NC(=O)CC2CCCN2)cc1.Cl. The number of nitrogens with one attached hydrogen (secondary N) is 2. The largest absolute Gasteiger partial charge is 0.494 e. The molecule has 1 saturated heterocycles. The van der Waals surface area contributed by atoms with Crippen LogP contribution in [-0.4, -0.2) is 25.1 Å². The van der Waals surface area contributed by atoms with Gasteiger partial charge in [-0.15, -0.1) is 12.4 Å². The number of anilines is 1. The van der Waals surface area contributed by atoms with Crippen molar-refractivity contribution < 1.29 is 14.3 Å². The summed E-state index contributed by atoms with van der Waals surface area (Å²) in [5.41, 5.74) is 0.680. The summed E-state index contributed by atoms with van der Waals surface area (Å²) in [5, 5.41) is 6.30. The van der Waals surface area contributed by atoms with Crippen molar-refractivity contribution in [3.05, 3.63) is 48.5 Å². The fraction of sp³-hybridized carbons (Fsp3) is 0.350. The van der Waals surface area contributed by atoms with Crippen LogP contribution in [0.1, 0.15) is 26.2 Å². The van der Waals surface area contributed by atoms with E-state index in [0.717, 1.165) is 25.1 Å². The second kappa shape index (κ2) is 10.0. The first-order chi connectivity index (χ1) is 12.2. The Morgan fingerprint density at radius 3 is 2.58 bits per heavy atom. The molecule has 6 heteroatoms. The monoisotopic (exact) mass is 376 g/mol. The zero-order chi connectivity index (χ0) is 17.5. The molecule has 5 nitrogen and oxygen atoms in total. The Balaban J connectivity index is 0.00000243. The van der Waals surface area contributed by atoms with Crippen molar-refractivity contribution in [2.45, 2.75) is 32.2 Å². The standard InChI is InChI=1S/C20H24N2O3.ClH/c1-2-24-16-9-11-17(12-10-16)25-19-8-4-3-7-18(19)22-20(23)14-15-6-5-13-21-15;/h3-4,7-12,15,21H,2,5-6,13-14H2,1H3,(H,22,23);1H. The highest BCUT2D eigenvalue weighted by molar-refractivity contribution is 5.92. The van der Waals surface area contributed by atoms with Crippen LogP contribution in [-0.2, 0) is 4.79 Å². The molecule has 0 spiro atoms. The molecule has 1 unspecified atom stereocenters. The third kappa shape index (κ3) is 5.64. The Bertz CT molecular complexity index is 700. The second-order valence-corrected chi connectivity index (χ2v) is 6.05. The topological polar surface area (TPSA) is 59.6 Å². The van der Waals surface area contributed by atoms with Gasteiger partial charge in [0.25, 0.3) is 0 Å². The highest BCUT2D eigenvalue weighted by Gasteiger charge is 2.18. The van der Waals surface area contributed by atoms with Gasteiger partial charge in [0.15, 0.2) is 5.75 Å². The molecule has 3 rings (SSSR count). The van der Waals surface area contributed by atoms with Gasteiger partial charge in [0.2, 0.25) is 5.91 Å². The molecule has 1 aliphatic rings. The Morgan fingerprint density at radius 2 is 1.88 bits per heavy atom. The summed E-state index contributed by atoms with van der Waals surface area (Å²) in [6.07, 6.45) is 2.67. The van der Waals surface area contributed by atoms with Crippen LogP contribution in [0.2, 0.25) is 0 Å². The molecule has 1 fully saturated rings. The fourth-order valence-corrected chi connectivity index (χ4v) is 2.91. The summed E-state index contributed by atoms with van der Waals surface area (Å²) in [7, 11) is 0. The Morgan fingerprint density at radius 1 is 1.15 bits per heavy atom. The molecule has 2 N–H and O–H groups in total. The van der Waals surface area contributed by atoms with E-state index < -0.39 is 0 Å². The quantitative estimate of drug-likeness (QED) is 0.752. The number of ether oxygens (including phenoxy) is 2. The fourth-order valence-electron chi connectivity index (χ4n) is 2.91. The van der Waals surface area contributed by atoms with E-state index in [1.165, 1.54) is 0 Å². The number of amides is 1. The minimum atomic E-state index is 0. The Labute approximate surface area is 160 Å². The number of para-hydroxylation sites is 2. The number of hydrogen-bond donors (Lipinski definition) is 2. The average Bonchev–Trinajstić information content (AvgIpc) is 3.11. The predicted molar refractivity (Wildman–Crippen MR) is 106 cm³/mol. The van der Waals surface area contributed by atoms with Gasteiger partial charge in [-0.05, 0) is 62.7 Å². The highest BCUT2D eigenvalue weighted by Crippen LogP contribution is 2.30. The summed E-state index contributed by atoms with van der Waals surface area (Å²) in [6.45, 7) is 3.57. The number of carbonyl (C=O) groups excluding carboxylic acids is 1. The van der Waals surface area contributed by atoms with E-state index in [-0.39, 0.29) is 24.4 Å². The number of halogens is 1. The molecule has 26 heavy (non-hydrogen) atoms. The van der Waals surface area contributed by atoms with Crippen molar-refractivity contribution in [3.63, 3.8) is 0 Å². The van der Waals surface area contributed by atoms with Crippen molar-refractivity contribution in [2.75, 3.05) is 18.5 Å². The smallest absolute Gasteiger partial charge is 0.226 e. The van der Waals surface area contributed by atoms with Gasteiger partial charge in [0.05, 0.1) is 12.3 Å². The second-order valence-electron chi connectivity index (χ2n) is 6.05. The molecule has 0 radical (unpaired) electrons. The van der Waals surface area contributed by atoms with Crippen LogP contribution in [0.4, 0.5) is 5.69 Å². The molecule has 0 saturated carbocycles. The average molecular weight is 377 g/mol. The van der Waals surface area contributed by atoms with Crippen molar-refractivity contribution in [1.29, 1.82) is 0 Å². The van der Waals surface area contributed by atoms with Gasteiger partial charge in [-0.1, -0.05) is 12.1 Å². The molecule has 1 aliphatic heterocycles. The molecule has 1 heterocycles. The van der Waals surface area contributed by atoms with Crippen LogP contribution in [0.25, 0.3) is 0 Å². The molecule has 1 atom stereocenters. The van der Waals surface area contributed by atoms with E-state index >= 15 is 0 Å². The van der Waals surface area contributed by atoms with Gasteiger partial charge in [0.1, 0.15) is 11.5 Å². The molecular formula is C20H25ClN2O3. The summed E-state index contributed by atoms with van der Waals surface area (Å²) in [5.74, 6) is 2.13. The lowest BCUT2D eigenvalue weighted by Crippen LogP contribution is -2.27. The van der Waals surface area contributed by atoms with Crippen LogP contribution < -0.4 is 20.1 Å². The maximum absolute atomic E-state index is 12.3. The van der Waals surface area contributed by atoms with E-state index in [9.17, 15) is 4.79 Å². The lowest BCUT2D eigenvalue weighted by molar-refractivity contribution is -0.116. The minimum Gasteiger partial charge on any atom is -0.494 e. The number of rotatable bonds is 7. The van der Waals surface area contributed by atoms with Gasteiger partial charge in [-0.3, -0.25) is 4.79 Å². The van der Waals surface area contributed by atoms with Gasteiger partial charge >= 0.3 is 0 Å². The lowest BCUT2D eigenvalue weighted by Gasteiger charge is -2.14. The molecule has 0 bridgehead atoms. The number of carbonyl (C=O) groups is 1. The summed E-state index contributed by atoms with van der Waals surface area (Å²) in [6, 6.07) is 15.2. The van der Waals surface area contributed by atoms with Gasteiger partial charge in [0, 0.05) is 12.5 Å². The van der Waals surface area contributed by atoms with Crippen LogP contribution in [0.5, 0.6) is 17.2 Å². The first kappa shape index (κ1) is 20.1. The zero-order valence-corrected chi connectivity index (χ0v) is 15.7. The van der Waals surface area contributed by atoms with Crippen LogP contribution in [0, 0.1) is 0 Å². The van der Waals surface area contributed by atoms with Crippen LogP contribution in [0.15, 0.2) is 48.5 Å². The zero-order valence-electron chi connectivity index (χ0n) is 14.9.